The summed E-state index contributed by atoms with van der Waals surface area (Å²) in [6.07, 6.45) is 3.57. The number of amides is 1. The zero-order chi connectivity index (χ0) is 17.9. The molecule has 0 unspecified atom stereocenters. The van der Waals surface area contributed by atoms with Crippen molar-refractivity contribution in [2.75, 3.05) is 12.4 Å². The van der Waals surface area contributed by atoms with Gasteiger partial charge in [-0.25, -0.2) is 9.67 Å². The highest BCUT2D eigenvalue weighted by Crippen LogP contribution is 2.24. The minimum Gasteiger partial charge on any atom is -0.497 e. The van der Waals surface area contributed by atoms with Gasteiger partial charge in [-0.1, -0.05) is 0 Å². The molecular formula is C18H15N5O2S. The van der Waals surface area contributed by atoms with E-state index >= 15 is 0 Å². The van der Waals surface area contributed by atoms with Crippen LogP contribution in [-0.4, -0.2) is 32.8 Å². The van der Waals surface area contributed by atoms with Gasteiger partial charge in [0.1, 0.15) is 5.75 Å². The lowest BCUT2D eigenvalue weighted by molar-refractivity contribution is 0.102. The SMILES string of the molecule is COc1ccc(-n2ccc(C(=O)Nc3nc(-c4ccc[nH]4)cs3)n2)cc1. The normalized spacial score (nSPS) is 10.7. The number of hydrogen-bond acceptors (Lipinski definition) is 5. The van der Waals surface area contributed by atoms with Gasteiger partial charge in [0.15, 0.2) is 10.8 Å². The van der Waals surface area contributed by atoms with Gasteiger partial charge in [0.25, 0.3) is 5.91 Å². The maximum Gasteiger partial charge on any atom is 0.277 e. The molecule has 2 N–H and O–H groups in total. The van der Waals surface area contributed by atoms with Crippen LogP contribution in [0.1, 0.15) is 10.5 Å². The van der Waals surface area contributed by atoms with Gasteiger partial charge in [0, 0.05) is 17.8 Å². The number of H-pyrrole nitrogens is 1. The van der Waals surface area contributed by atoms with Crippen LogP contribution in [0.4, 0.5) is 5.13 Å². The van der Waals surface area contributed by atoms with Crippen LogP contribution in [0.3, 0.4) is 0 Å². The summed E-state index contributed by atoms with van der Waals surface area (Å²) in [5.74, 6) is 0.463. The molecule has 0 fully saturated rings. The van der Waals surface area contributed by atoms with Gasteiger partial charge in [0.2, 0.25) is 0 Å². The molecule has 0 aliphatic heterocycles. The van der Waals surface area contributed by atoms with E-state index in [1.54, 1.807) is 24.1 Å². The van der Waals surface area contributed by atoms with E-state index in [9.17, 15) is 4.79 Å². The average Bonchev–Trinajstić information content (AvgIpc) is 3.42. The first-order valence-electron chi connectivity index (χ1n) is 7.84. The summed E-state index contributed by atoms with van der Waals surface area (Å²) < 4.78 is 6.78. The maximum atomic E-state index is 12.4. The van der Waals surface area contributed by atoms with Crippen LogP contribution in [0.2, 0.25) is 0 Å². The summed E-state index contributed by atoms with van der Waals surface area (Å²) in [5.41, 5.74) is 2.86. The second kappa shape index (κ2) is 6.85. The lowest BCUT2D eigenvalue weighted by Crippen LogP contribution is -2.13. The third-order valence-electron chi connectivity index (χ3n) is 3.76. The number of hydrogen-bond donors (Lipinski definition) is 2. The van der Waals surface area contributed by atoms with Gasteiger partial charge in [0.05, 0.1) is 24.2 Å². The van der Waals surface area contributed by atoms with Crippen LogP contribution in [0.5, 0.6) is 5.75 Å². The molecule has 3 aromatic heterocycles. The minimum absolute atomic E-state index is 0.301. The highest BCUT2D eigenvalue weighted by molar-refractivity contribution is 7.14. The smallest absolute Gasteiger partial charge is 0.277 e. The van der Waals surface area contributed by atoms with E-state index in [1.807, 2.05) is 48.0 Å². The average molecular weight is 365 g/mol. The molecule has 0 radical (unpaired) electrons. The van der Waals surface area contributed by atoms with Crippen molar-refractivity contribution in [2.24, 2.45) is 0 Å². The molecule has 0 atom stereocenters. The molecule has 0 saturated heterocycles. The van der Waals surface area contributed by atoms with Crippen molar-refractivity contribution in [3.05, 3.63) is 65.9 Å². The quantitative estimate of drug-likeness (QED) is 0.566. The van der Waals surface area contributed by atoms with Gasteiger partial charge in [-0.05, 0) is 42.5 Å². The molecule has 4 aromatic rings. The summed E-state index contributed by atoms with van der Waals surface area (Å²) in [5, 5.41) is 9.52. The fourth-order valence-corrected chi connectivity index (χ4v) is 3.14. The third kappa shape index (κ3) is 3.22. The van der Waals surface area contributed by atoms with Crippen LogP contribution in [-0.2, 0) is 0 Å². The van der Waals surface area contributed by atoms with E-state index in [0.29, 0.717) is 10.8 Å². The molecule has 8 heteroatoms. The number of aromatic amines is 1. The Labute approximate surface area is 153 Å². The summed E-state index contributed by atoms with van der Waals surface area (Å²) >= 11 is 1.37. The topological polar surface area (TPSA) is 84.8 Å². The van der Waals surface area contributed by atoms with E-state index in [-0.39, 0.29) is 5.91 Å². The summed E-state index contributed by atoms with van der Waals surface area (Å²) in [7, 11) is 1.62. The van der Waals surface area contributed by atoms with Crippen molar-refractivity contribution in [3.63, 3.8) is 0 Å². The van der Waals surface area contributed by atoms with Crippen molar-refractivity contribution in [1.29, 1.82) is 0 Å². The Balaban J connectivity index is 1.48. The Bertz CT molecular complexity index is 1020. The van der Waals surface area contributed by atoms with Crippen molar-refractivity contribution < 1.29 is 9.53 Å². The number of thiazole rings is 1. The standard InChI is InChI=1S/C18H15N5O2S/c1-25-13-6-4-12(5-7-13)23-10-8-15(22-23)17(24)21-18-20-16(11-26-18)14-3-2-9-19-14/h2-11,19H,1H3,(H,20,21,24). The second-order valence-electron chi connectivity index (χ2n) is 5.42. The Hall–Kier alpha value is -3.39. The zero-order valence-corrected chi connectivity index (χ0v) is 14.7. The molecule has 3 heterocycles. The number of carbonyl (C=O) groups is 1. The minimum atomic E-state index is -0.301. The second-order valence-corrected chi connectivity index (χ2v) is 6.28. The number of rotatable bonds is 5. The number of methoxy groups -OCH3 is 1. The Morgan fingerprint density at radius 1 is 1.23 bits per heavy atom. The fourth-order valence-electron chi connectivity index (χ4n) is 2.43. The molecule has 130 valence electrons. The largest absolute Gasteiger partial charge is 0.497 e. The monoisotopic (exact) mass is 365 g/mol. The van der Waals surface area contributed by atoms with Crippen LogP contribution in [0.25, 0.3) is 17.1 Å². The van der Waals surface area contributed by atoms with Crippen molar-refractivity contribution >= 4 is 22.4 Å². The lowest BCUT2D eigenvalue weighted by atomic mass is 10.3. The molecule has 1 aromatic carbocycles. The van der Waals surface area contributed by atoms with Crippen LogP contribution >= 0.6 is 11.3 Å². The first kappa shape index (κ1) is 16.1. The number of nitrogens with zero attached hydrogens (tertiary/aromatic N) is 3. The van der Waals surface area contributed by atoms with Gasteiger partial charge < -0.3 is 9.72 Å². The molecule has 0 aliphatic rings. The predicted molar refractivity (Wildman–Crippen MR) is 100.0 cm³/mol. The van der Waals surface area contributed by atoms with Crippen molar-refractivity contribution in [1.82, 2.24) is 19.7 Å². The number of aromatic nitrogens is 4. The fraction of sp³-hybridized carbons (Fsp3) is 0.0556. The number of ether oxygens (including phenoxy) is 1. The third-order valence-corrected chi connectivity index (χ3v) is 4.51. The van der Waals surface area contributed by atoms with Gasteiger partial charge in [-0.15, -0.1) is 11.3 Å². The Morgan fingerprint density at radius 2 is 2.08 bits per heavy atom. The Kier molecular flexibility index (Phi) is 4.24. The molecule has 7 nitrogen and oxygen atoms in total. The summed E-state index contributed by atoms with van der Waals surface area (Å²) in [4.78, 5) is 19.9. The molecule has 0 spiro atoms. The van der Waals surface area contributed by atoms with E-state index < -0.39 is 0 Å². The van der Waals surface area contributed by atoms with Crippen LogP contribution in [0.15, 0.2) is 60.2 Å². The van der Waals surface area contributed by atoms with Crippen LogP contribution < -0.4 is 10.1 Å². The maximum absolute atomic E-state index is 12.4. The lowest BCUT2D eigenvalue weighted by Gasteiger charge is -2.03. The van der Waals surface area contributed by atoms with E-state index in [0.717, 1.165) is 22.8 Å². The first-order valence-corrected chi connectivity index (χ1v) is 8.71. The van der Waals surface area contributed by atoms with Crippen LogP contribution in [0, 0.1) is 0 Å². The van der Waals surface area contributed by atoms with E-state index in [2.05, 4.69) is 20.4 Å². The zero-order valence-electron chi connectivity index (χ0n) is 13.8. The highest BCUT2D eigenvalue weighted by atomic mass is 32.1. The van der Waals surface area contributed by atoms with Gasteiger partial charge in [-0.2, -0.15) is 5.10 Å². The van der Waals surface area contributed by atoms with Gasteiger partial charge in [-0.3, -0.25) is 10.1 Å². The summed E-state index contributed by atoms with van der Waals surface area (Å²) in [6.45, 7) is 0. The highest BCUT2D eigenvalue weighted by Gasteiger charge is 2.13. The van der Waals surface area contributed by atoms with Gasteiger partial charge >= 0.3 is 0 Å². The first-order chi connectivity index (χ1) is 12.7. The number of anilines is 1. The molecule has 0 aliphatic carbocycles. The Morgan fingerprint density at radius 3 is 2.81 bits per heavy atom. The number of benzene rings is 1. The predicted octanol–water partition coefficient (Wildman–Crippen LogP) is 3.58. The molecule has 0 saturated carbocycles. The van der Waals surface area contributed by atoms with Crippen molar-refractivity contribution in [2.45, 2.75) is 0 Å². The molecule has 4 rings (SSSR count). The molecule has 1 amide bonds. The molecule has 26 heavy (non-hydrogen) atoms. The van der Waals surface area contributed by atoms with E-state index in [4.69, 9.17) is 4.74 Å². The van der Waals surface area contributed by atoms with E-state index in [1.165, 1.54) is 11.3 Å². The summed E-state index contributed by atoms with van der Waals surface area (Å²) in [6, 6.07) is 12.9. The van der Waals surface area contributed by atoms with Crippen molar-refractivity contribution in [3.8, 4) is 22.8 Å². The number of nitrogens with one attached hydrogen (secondary N) is 2. The molecule has 0 bridgehead atoms. The number of carbonyl (C=O) groups excluding carboxylic acids is 1. The molecular weight excluding hydrogens is 350 g/mol.